The normalized spacial score (nSPS) is 19.4. The lowest BCUT2D eigenvalue weighted by Crippen LogP contribution is -2.36. The predicted molar refractivity (Wildman–Crippen MR) is 116 cm³/mol. The number of aromatic nitrogens is 2. The molecule has 1 atom stereocenters. The smallest absolute Gasteiger partial charge is 0.231 e. The molecule has 0 spiro atoms. The summed E-state index contributed by atoms with van der Waals surface area (Å²) in [7, 11) is 0. The number of aryl methyl sites for hydroxylation is 1. The summed E-state index contributed by atoms with van der Waals surface area (Å²) in [5.41, 5.74) is 1.92. The van der Waals surface area contributed by atoms with E-state index in [1.165, 1.54) is 16.9 Å². The summed E-state index contributed by atoms with van der Waals surface area (Å²) < 4.78 is 11.7. The van der Waals surface area contributed by atoms with Gasteiger partial charge in [0.2, 0.25) is 5.88 Å². The summed E-state index contributed by atoms with van der Waals surface area (Å²) in [6.45, 7) is 6.27. The highest BCUT2D eigenvalue weighted by atomic mass is 32.1. The van der Waals surface area contributed by atoms with Crippen LogP contribution in [0.1, 0.15) is 35.2 Å². The molecule has 3 aromatic rings. The molecular weight excluding hydrogens is 396 g/mol. The highest BCUT2D eigenvalue weighted by Gasteiger charge is 2.25. The third-order valence-corrected chi connectivity index (χ3v) is 6.96. The van der Waals surface area contributed by atoms with E-state index in [1.807, 2.05) is 12.1 Å². The molecule has 30 heavy (non-hydrogen) atoms. The highest BCUT2D eigenvalue weighted by molar-refractivity contribution is 7.18. The van der Waals surface area contributed by atoms with Crippen LogP contribution in [0.3, 0.4) is 0 Å². The molecule has 1 aliphatic carbocycles. The van der Waals surface area contributed by atoms with Gasteiger partial charge in [0.1, 0.15) is 16.4 Å². The van der Waals surface area contributed by atoms with Crippen molar-refractivity contribution in [2.75, 3.05) is 26.3 Å². The lowest BCUT2D eigenvalue weighted by atomic mass is 9.89. The van der Waals surface area contributed by atoms with Gasteiger partial charge in [-0.1, -0.05) is 13.0 Å². The number of nitriles is 1. The van der Waals surface area contributed by atoms with Crippen LogP contribution >= 0.6 is 11.3 Å². The highest BCUT2D eigenvalue weighted by Crippen LogP contribution is 2.42. The molecule has 2 aromatic heterocycles. The van der Waals surface area contributed by atoms with E-state index in [-0.39, 0.29) is 0 Å². The number of thiophene rings is 1. The van der Waals surface area contributed by atoms with E-state index in [0.717, 1.165) is 55.2 Å². The second-order valence-electron chi connectivity index (χ2n) is 8.11. The fourth-order valence-electron chi connectivity index (χ4n) is 4.20. The van der Waals surface area contributed by atoms with E-state index >= 15 is 0 Å². The minimum atomic E-state index is 0.576. The van der Waals surface area contributed by atoms with E-state index in [9.17, 15) is 5.26 Å². The van der Waals surface area contributed by atoms with Crippen molar-refractivity contribution in [1.82, 2.24) is 14.9 Å². The number of morpholine rings is 1. The zero-order chi connectivity index (χ0) is 20.5. The predicted octanol–water partition coefficient (Wildman–Crippen LogP) is 4.31. The Morgan fingerprint density at radius 3 is 3.00 bits per heavy atom. The van der Waals surface area contributed by atoms with Crippen molar-refractivity contribution in [1.29, 1.82) is 5.26 Å². The van der Waals surface area contributed by atoms with Crippen LogP contribution in [0.5, 0.6) is 11.6 Å². The number of benzene rings is 1. The van der Waals surface area contributed by atoms with E-state index in [0.29, 0.717) is 29.7 Å². The fourth-order valence-corrected chi connectivity index (χ4v) is 5.59. The van der Waals surface area contributed by atoms with Gasteiger partial charge in [-0.3, -0.25) is 4.90 Å². The first kappa shape index (κ1) is 19.4. The van der Waals surface area contributed by atoms with Crippen molar-refractivity contribution in [3.05, 3.63) is 46.1 Å². The molecule has 5 rings (SSSR count). The average Bonchev–Trinajstić information content (AvgIpc) is 3.12. The van der Waals surface area contributed by atoms with Crippen molar-refractivity contribution < 1.29 is 9.47 Å². The Labute approximate surface area is 180 Å². The molecule has 1 fully saturated rings. The van der Waals surface area contributed by atoms with Crippen LogP contribution in [0.4, 0.5) is 0 Å². The second-order valence-corrected chi connectivity index (χ2v) is 9.19. The summed E-state index contributed by atoms with van der Waals surface area (Å²) in [5.74, 6) is 2.73. The molecular formula is C23H24N4O2S. The third-order valence-electron chi connectivity index (χ3n) is 5.81. The number of fused-ring (bicyclic) bond motifs is 3. The van der Waals surface area contributed by atoms with Gasteiger partial charge in [-0.25, -0.2) is 4.98 Å². The fraction of sp³-hybridized carbons (Fsp3) is 0.435. The number of hydrogen-bond donors (Lipinski definition) is 0. The second kappa shape index (κ2) is 8.31. The van der Waals surface area contributed by atoms with Crippen LogP contribution in [0, 0.1) is 17.2 Å². The summed E-state index contributed by atoms with van der Waals surface area (Å²) in [5, 5.41) is 10.3. The number of ether oxygens (including phenoxy) is 2. The quantitative estimate of drug-likeness (QED) is 0.626. The van der Waals surface area contributed by atoms with Gasteiger partial charge in [0.25, 0.3) is 0 Å². The van der Waals surface area contributed by atoms with Gasteiger partial charge in [-0.15, -0.1) is 11.3 Å². The average molecular weight is 421 g/mol. The monoisotopic (exact) mass is 420 g/mol. The van der Waals surface area contributed by atoms with Crippen molar-refractivity contribution >= 4 is 21.6 Å². The molecule has 3 heterocycles. The van der Waals surface area contributed by atoms with Crippen LogP contribution in [0.15, 0.2) is 24.3 Å². The standard InChI is InChI=1S/C23H24N4O2S/c1-15-5-6-18-19(11-15)30-23-21(18)22(29-17-4-2-3-16(12-17)13-24)25-20(26-23)14-27-7-9-28-10-8-27/h2-4,12,15H,5-11,14H2,1H3/t15-/m1/s1. The Kier molecular flexibility index (Phi) is 5.38. The third kappa shape index (κ3) is 3.91. The minimum absolute atomic E-state index is 0.576. The van der Waals surface area contributed by atoms with Crippen LogP contribution in [-0.4, -0.2) is 41.2 Å². The van der Waals surface area contributed by atoms with E-state index in [4.69, 9.17) is 19.4 Å². The van der Waals surface area contributed by atoms with Gasteiger partial charge in [0, 0.05) is 18.0 Å². The summed E-state index contributed by atoms with van der Waals surface area (Å²) in [4.78, 5) is 14.5. The number of nitrogens with zero attached hydrogens (tertiary/aromatic N) is 4. The summed E-state index contributed by atoms with van der Waals surface area (Å²) in [6, 6.07) is 9.43. The largest absolute Gasteiger partial charge is 0.438 e. The van der Waals surface area contributed by atoms with Crippen molar-refractivity contribution in [3.8, 4) is 17.7 Å². The van der Waals surface area contributed by atoms with Crippen LogP contribution in [-0.2, 0) is 24.1 Å². The Morgan fingerprint density at radius 1 is 1.30 bits per heavy atom. The van der Waals surface area contributed by atoms with Crippen molar-refractivity contribution in [2.24, 2.45) is 5.92 Å². The SMILES string of the molecule is C[C@@H]1CCc2c(sc3nc(CN4CCOCC4)nc(Oc4cccc(C#N)c4)c23)C1. The Hall–Kier alpha value is -2.53. The lowest BCUT2D eigenvalue weighted by molar-refractivity contribution is 0.0330. The molecule has 2 aliphatic rings. The van der Waals surface area contributed by atoms with Crippen LogP contribution < -0.4 is 4.74 Å². The molecule has 154 valence electrons. The molecule has 0 saturated carbocycles. The molecule has 0 unspecified atom stereocenters. The first-order valence-electron chi connectivity index (χ1n) is 10.5. The maximum atomic E-state index is 9.23. The zero-order valence-electron chi connectivity index (χ0n) is 17.1. The lowest BCUT2D eigenvalue weighted by Gasteiger charge is -2.25. The molecule has 1 aromatic carbocycles. The van der Waals surface area contributed by atoms with Crippen LogP contribution in [0.2, 0.25) is 0 Å². The molecule has 1 aliphatic heterocycles. The van der Waals surface area contributed by atoms with Gasteiger partial charge >= 0.3 is 0 Å². The molecule has 6 nitrogen and oxygen atoms in total. The van der Waals surface area contributed by atoms with E-state index in [1.54, 1.807) is 23.5 Å². The van der Waals surface area contributed by atoms with Gasteiger partial charge in [-0.05, 0) is 48.9 Å². The molecule has 1 saturated heterocycles. The summed E-state index contributed by atoms with van der Waals surface area (Å²) >= 11 is 1.79. The molecule has 0 bridgehead atoms. The van der Waals surface area contributed by atoms with Gasteiger partial charge in [0.05, 0.1) is 36.8 Å². The Morgan fingerprint density at radius 2 is 2.17 bits per heavy atom. The summed E-state index contributed by atoms with van der Waals surface area (Å²) in [6.07, 6.45) is 3.31. The van der Waals surface area contributed by atoms with Gasteiger partial charge in [-0.2, -0.15) is 10.2 Å². The van der Waals surface area contributed by atoms with Gasteiger partial charge < -0.3 is 9.47 Å². The maximum absolute atomic E-state index is 9.23. The molecule has 7 heteroatoms. The van der Waals surface area contributed by atoms with Gasteiger partial charge in [0.15, 0.2) is 0 Å². The zero-order valence-corrected chi connectivity index (χ0v) is 17.9. The minimum Gasteiger partial charge on any atom is -0.438 e. The van der Waals surface area contributed by atoms with E-state index in [2.05, 4.69) is 17.9 Å². The number of rotatable bonds is 4. The Balaban J connectivity index is 1.56. The topological polar surface area (TPSA) is 71.3 Å². The molecule has 0 amide bonds. The van der Waals surface area contributed by atoms with E-state index < -0.39 is 0 Å². The first-order chi connectivity index (χ1) is 14.7. The molecule has 0 N–H and O–H groups in total. The first-order valence-corrected chi connectivity index (χ1v) is 11.3. The van der Waals surface area contributed by atoms with Crippen molar-refractivity contribution in [2.45, 2.75) is 32.7 Å². The number of hydrogen-bond acceptors (Lipinski definition) is 7. The molecule has 0 radical (unpaired) electrons. The van der Waals surface area contributed by atoms with Crippen molar-refractivity contribution in [3.63, 3.8) is 0 Å². The maximum Gasteiger partial charge on any atom is 0.231 e. The Bertz CT molecular complexity index is 1110. The van der Waals surface area contributed by atoms with Crippen LogP contribution in [0.25, 0.3) is 10.2 Å².